The minimum absolute atomic E-state index is 0.306. The minimum Gasteiger partial charge on any atom is -0.425 e. The Balaban J connectivity index is 0.000000313. The van der Waals surface area contributed by atoms with E-state index in [2.05, 4.69) is 4.98 Å². The van der Waals surface area contributed by atoms with Crippen LogP contribution in [0.4, 0.5) is 0 Å². The number of aromatic nitrogens is 1. The molecule has 1 unspecified atom stereocenters. The van der Waals surface area contributed by atoms with Crippen molar-refractivity contribution in [1.29, 1.82) is 0 Å². The van der Waals surface area contributed by atoms with Gasteiger partial charge < -0.3 is 4.74 Å². The first-order valence-electron chi connectivity index (χ1n) is 10.4. The highest BCUT2D eigenvalue weighted by Gasteiger charge is 2.60. The van der Waals surface area contributed by atoms with Gasteiger partial charge in [-0.15, -0.1) is 0 Å². The zero-order valence-corrected chi connectivity index (χ0v) is 17.6. The van der Waals surface area contributed by atoms with Gasteiger partial charge in [0.15, 0.2) is 5.25 Å². The van der Waals surface area contributed by atoms with E-state index in [1.54, 1.807) is 42.7 Å². The predicted octanol–water partition coefficient (Wildman–Crippen LogP) is 4.15. The van der Waals surface area contributed by atoms with Gasteiger partial charge in [-0.05, 0) is 80.5 Å². The molecule has 4 aliphatic carbocycles. The molecule has 4 saturated carbocycles. The molecular weight excluding hydrogens is 402 g/mol. The lowest BCUT2D eigenvalue weighted by molar-refractivity contribution is -0.142. The van der Waals surface area contributed by atoms with Crippen molar-refractivity contribution in [1.82, 2.24) is 4.98 Å². The fourth-order valence-electron chi connectivity index (χ4n) is 6.16. The Kier molecular flexibility index (Phi) is 5.93. The second kappa shape index (κ2) is 8.47. The summed E-state index contributed by atoms with van der Waals surface area (Å²) >= 11 is 0. The summed E-state index contributed by atoms with van der Waals surface area (Å²) in [6, 6.07) is 14.2. The van der Waals surface area contributed by atoms with Gasteiger partial charge in [0, 0.05) is 17.8 Å². The van der Waals surface area contributed by atoms with Gasteiger partial charge in [0.1, 0.15) is 5.75 Å². The van der Waals surface area contributed by atoms with Gasteiger partial charge in [0.2, 0.25) is 0 Å². The molecule has 0 aliphatic heterocycles. The van der Waals surface area contributed by atoms with Gasteiger partial charge >= 0.3 is 5.97 Å². The number of para-hydroxylation sites is 1. The lowest BCUT2D eigenvalue weighted by Crippen LogP contribution is -2.57. The monoisotopic (exact) mass is 429 g/mol. The Bertz CT molecular complexity index is 900. The Morgan fingerprint density at radius 1 is 0.933 bits per heavy atom. The van der Waals surface area contributed by atoms with E-state index < -0.39 is 26.8 Å². The van der Waals surface area contributed by atoms with E-state index in [1.807, 2.05) is 18.2 Å². The Morgan fingerprint density at radius 2 is 1.43 bits per heavy atom. The van der Waals surface area contributed by atoms with Gasteiger partial charge in [-0.1, -0.05) is 24.3 Å². The highest BCUT2D eigenvalue weighted by Crippen LogP contribution is 2.62. The number of ether oxygens (including phenoxy) is 1. The standard InChI is InChI=1S/C18H22O5S.C5H5N/c19-17(23-15-4-2-1-3-5-15)16(24(20,21)22)18-9-12-6-13(10-18)8-14(7-12)11-18;1-2-4-6-5-3-1/h1-5,12-14,16H,6-11H2,(H,20,21,22);1-5H. The average molecular weight is 430 g/mol. The van der Waals surface area contributed by atoms with Crippen molar-refractivity contribution in [3.8, 4) is 5.75 Å². The highest BCUT2D eigenvalue weighted by atomic mass is 32.2. The molecule has 160 valence electrons. The number of hydrogen-bond acceptors (Lipinski definition) is 5. The molecule has 30 heavy (non-hydrogen) atoms. The molecule has 6 nitrogen and oxygen atoms in total. The number of nitrogens with zero attached hydrogens (tertiary/aromatic N) is 1. The molecule has 1 aromatic carbocycles. The van der Waals surface area contributed by atoms with Crippen LogP contribution in [0.15, 0.2) is 60.9 Å². The Hall–Kier alpha value is -2.25. The van der Waals surface area contributed by atoms with Crippen LogP contribution in [0.3, 0.4) is 0 Å². The summed E-state index contributed by atoms with van der Waals surface area (Å²) in [5, 5.41) is -1.47. The summed E-state index contributed by atoms with van der Waals surface area (Å²) in [5.41, 5.74) is -0.659. The van der Waals surface area contributed by atoms with Gasteiger partial charge in [0.05, 0.1) is 0 Å². The number of hydrogen-bond donors (Lipinski definition) is 1. The normalized spacial score (nSPS) is 30.1. The van der Waals surface area contributed by atoms with Crippen molar-refractivity contribution in [2.45, 2.75) is 43.8 Å². The molecule has 6 rings (SSSR count). The molecule has 2 aromatic rings. The Labute approximate surface area is 177 Å². The SMILES string of the molecule is O=C(Oc1ccccc1)C(C12CC3CC(CC(C3)C1)C2)S(=O)(=O)O.c1ccncc1. The molecule has 0 spiro atoms. The van der Waals surface area contributed by atoms with Crippen molar-refractivity contribution < 1.29 is 22.5 Å². The number of esters is 1. The highest BCUT2D eigenvalue weighted by molar-refractivity contribution is 7.87. The molecule has 0 amide bonds. The largest absolute Gasteiger partial charge is 0.425 e. The van der Waals surface area contributed by atoms with Gasteiger partial charge in [-0.3, -0.25) is 14.3 Å². The van der Waals surface area contributed by atoms with Gasteiger partial charge in [-0.25, -0.2) is 0 Å². The van der Waals surface area contributed by atoms with E-state index in [1.165, 1.54) is 0 Å². The molecule has 1 atom stereocenters. The average Bonchev–Trinajstić information content (AvgIpc) is 2.68. The van der Waals surface area contributed by atoms with Crippen molar-refractivity contribution in [3.63, 3.8) is 0 Å². The molecule has 0 radical (unpaired) electrons. The quantitative estimate of drug-likeness (QED) is 0.446. The third kappa shape index (κ3) is 4.57. The van der Waals surface area contributed by atoms with Crippen LogP contribution < -0.4 is 4.74 Å². The third-order valence-corrected chi connectivity index (χ3v) is 7.97. The van der Waals surface area contributed by atoms with E-state index in [0.717, 1.165) is 19.3 Å². The van der Waals surface area contributed by atoms with Crippen LogP contribution in [-0.4, -0.2) is 29.2 Å². The summed E-state index contributed by atoms with van der Waals surface area (Å²) in [6.07, 6.45) is 9.00. The van der Waals surface area contributed by atoms with Crippen LogP contribution in [0.5, 0.6) is 5.75 Å². The van der Waals surface area contributed by atoms with Crippen molar-refractivity contribution >= 4 is 16.1 Å². The van der Waals surface area contributed by atoms with E-state index in [4.69, 9.17) is 4.74 Å². The number of pyridine rings is 1. The van der Waals surface area contributed by atoms with E-state index >= 15 is 0 Å². The van der Waals surface area contributed by atoms with E-state index in [0.29, 0.717) is 42.8 Å². The molecule has 1 heterocycles. The van der Waals surface area contributed by atoms with Crippen LogP contribution in [-0.2, 0) is 14.9 Å². The number of benzene rings is 1. The fraction of sp³-hybridized carbons (Fsp3) is 0.478. The minimum atomic E-state index is -4.52. The zero-order chi connectivity index (χ0) is 21.2. The van der Waals surface area contributed by atoms with Crippen LogP contribution >= 0.6 is 0 Å². The number of rotatable bonds is 4. The Morgan fingerprint density at radius 3 is 1.83 bits per heavy atom. The zero-order valence-electron chi connectivity index (χ0n) is 16.8. The molecule has 0 saturated heterocycles. The maximum atomic E-state index is 12.7. The first-order valence-corrected chi connectivity index (χ1v) is 11.9. The maximum absolute atomic E-state index is 12.7. The lowest BCUT2D eigenvalue weighted by Gasteiger charge is -2.57. The van der Waals surface area contributed by atoms with E-state index in [9.17, 15) is 17.8 Å². The van der Waals surface area contributed by atoms with Crippen LogP contribution in [0, 0.1) is 23.2 Å². The van der Waals surface area contributed by atoms with Gasteiger partial charge in [0.25, 0.3) is 10.1 Å². The fourth-order valence-corrected chi connectivity index (χ4v) is 7.37. The van der Waals surface area contributed by atoms with Crippen LogP contribution in [0.1, 0.15) is 38.5 Å². The summed E-state index contributed by atoms with van der Waals surface area (Å²) in [5.74, 6) is 0.895. The molecule has 4 aliphatic rings. The van der Waals surface area contributed by atoms with Crippen molar-refractivity contribution in [2.75, 3.05) is 0 Å². The van der Waals surface area contributed by atoms with Crippen LogP contribution in [0.25, 0.3) is 0 Å². The molecule has 4 fully saturated rings. The molecule has 4 bridgehead atoms. The maximum Gasteiger partial charge on any atom is 0.332 e. The summed E-state index contributed by atoms with van der Waals surface area (Å²) < 4.78 is 39.4. The smallest absolute Gasteiger partial charge is 0.332 e. The first-order chi connectivity index (χ1) is 14.4. The van der Waals surface area contributed by atoms with Gasteiger partial charge in [-0.2, -0.15) is 8.42 Å². The number of carbonyl (C=O) groups excluding carboxylic acids is 1. The second-order valence-electron chi connectivity index (χ2n) is 8.93. The second-order valence-corrected chi connectivity index (χ2v) is 10.4. The molecule has 1 N–H and O–H groups in total. The number of carbonyl (C=O) groups is 1. The molecular formula is C23H27NO5S. The first kappa shape index (κ1) is 21.0. The summed E-state index contributed by atoms with van der Waals surface area (Å²) in [4.78, 5) is 16.5. The van der Waals surface area contributed by atoms with E-state index in [-0.39, 0.29) is 0 Å². The van der Waals surface area contributed by atoms with Crippen molar-refractivity contribution in [3.05, 3.63) is 60.9 Å². The summed E-state index contributed by atoms with van der Waals surface area (Å²) in [7, 11) is -4.52. The summed E-state index contributed by atoms with van der Waals surface area (Å²) in [6.45, 7) is 0. The third-order valence-electron chi connectivity index (χ3n) is 6.68. The van der Waals surface area contributed by atoms with Crippen molar-refractivity contribution in [2.24, 2.45) is 23.2 Å². The van der Waals surface area contributed by atoms with Crippen LogP contribution in [0.2, 0.25) is 0 Å². The molecule has 7 heteroatoms. The lowest BCUT2D eigenvalue weighted by atomic mass is 9.48. The predicted molar refractivity (Wildman–Crippen MR) is 112 cm³/mol. The topological polar surface area (TPSA) is 93.6 Å². The molecule has 1 aromatic heterocycles.